The third-order valence-corrected chi connectivity index (χ3v) is 17.9. The molecule has 0 aliphatic rings. The molecule has 0 fully saturated rings. The maximum Gasteiger partial charge on any atom is 0.357 e. The highest BCUT2D eigenvalue weighted by molar-refractivity contribution is 7.81. The van der Waals surface area contributed by atoms with E-state index in [1.54, 1.807) is 0 Å². The molecule has 5 aromatic rings. The van der Waals surface area contributed by atoms with Crippen molar-refractivity contribution >= 4 is 20.8 Å². The molecule has 0 spiro atoms. The summed E-state index contributed by atoms with van der Waals surface area (Å²) in [5.74, 6) is -0.656. The van der Waals surface area contributed by atoms with Crippen molar-refractivity contribution < 1.29 is 76.7 Å². The summed E-state index contributed by atoms with van der Waals surface area (Å²) >= 11 is -0.159. The van der Waals surface area contributed by atoms with Crippen molar-refractivity contribution in [3.8, 4) is 11.5 Å². The SMILES string of the molecule is CCC(C)(C)c1ccc([I+]c2ccc(C(C)(C)CC)cc2)cc1.CCC(C)(C)c1ccc([I+]c2ccc(C(C)(C)CC)cc2)cc1.O=S(=O)([O-])Oc1ccc(OS(=O)(=O)[O-])cc1. The van der Waals surface area contributed by atoms with Gasteiger partial charge >= 0.3 is 42.4 Å². The van der Waals surface area contributed by atoms with Gasteiger partial charge in [-0.1, -0.05) is 132 Å². The van der Waals surface area contributed by atoms with Crippen LogP contribution in [-0.2, 0) is 42.5 Å². The Bertz CT molecular complexity index is 2070. The maximum atomic E-state index is 10.2. The second-order valence-corrected chi connectivity index (χ2v) is 25.6. The van der Waals surface area contributed by atoms with E-state index in [-0.39, 0.29) is 75.6 Å². The summed E-state index contributed by atoms with van der Waals surface area (Å²) in [5, 5.41) is 0. The third-order valence-electron chi connectivity index (χ3n) is 11.7. The average Bonchev–Trinajstić information content (AvgIpc) is 3.22. The van der Waals surface area contributed by atoms with E-state index in [9.17, 15) is 25.9 Å². The zero-order valence-electron chi connectivity index (χ0n) is 38.2. The molecule has 0 radical (unpaired) electrons. The average molecular weight is 1110 g/mol. The van der Waals surface area contributed by atoms with Gasteiger partial charge in [-0.2, -0.15) is 0 Å². The van der Waals surface area contributed by atoms with E-state index in [0.29, 0.717) is 0 Å². The minimum Gasteiger partial charge on any atom is -0.716 e. The van der Waals surface area contributed by atoms with Gasteiger partial charge in [0.1, 0.15) is 11.5 Å². The van der Waals surface area contributed by atoms with Crippen molar-refractivity contribution in [1.29, 1.82) is 0 Å². The Morgan fingerprint density at radius 1 is 0.371 bits per heavy atom. The summed E-state index contributed by atoms with van der Waals surface area (Å²) < 4.78 is 74.8. The lowest BCUT2D eigenvalue weighted by molar-refractivity contribution is -0.597. The number of halogens is 2. The van der Waals surface area contributed by atoms with Crippen LogP contribution < -0.4 is 50.8 Å². The van der Waals surface area contributed by atoms with Crippen LogP contribution in [-0.4, -0.2) is 25.9 Å². The van der Waals surface area contributed by atoms with Gasteiger partial charge in [0, 0.05) is 0 Å². The quantitative estimate of drug-likeness (QED) is 0.0695. The Kier molecular flexibility index (Phi) is 19.6. The van der Waals surface area contributed by atoms with Crippen LogP contribution in [0.1, 0.15) is 131 Å². The summed E-state index contributed by atoms with van der Waals surface area (Å²) in [4.78, 5) is 0. The summed E-state index contributed by atoms with van der Waals surface area (Å²) in [6.45, 7) is 27.7. The van der Waals surface area contributed by atoms with E-state index in [2.05, 4.69) is 189 Å². The first-order valence-electron chi connectivity index (χ1n) is 20.8. The molecule has 0 saturated carbocycles. The number of hydrogen-bond donors (Lipinski definition) is 0. The molecule has 0 N–H and O–H groups in total. The summed E-state index contributed by atoms with van der Waals surface area (Å²) in [7, 11) is -9.79. The van der Waals surface area contributed by atoms with E-state index < -0.39 is 20.8 Å². The first-order valence-corrected chi connectivity index (χ1v) is 27.8. The highest BCUT2D eigenvalue weighted by Gasteiger charge is 2.24. The van der Waals surface area contributed by atoms with E-state index in [4.69, 9.17) is 0 Å². The Morgan fingerprint density at radius 2 is 0.548 bits per heavy atom. The van der Waals surface area contributed by atoms with Crippen LogP contribution in [0, 0.1) is 14.3 Å². The molecule has 62 heavy (non-hydrogen) atoms. The van der Waals surface area contributed by atoms with Crippen molar-refractivity contribution in [1.82, 2.24) is 0 Å². The van der Waals surface area contributed by atoms with Crippen LogP contribution in [0.2, 0.25) is 0 Å². The van der Waals surface area contributed by atoms with Crippen LogP contribution in [0.5, 0.6) is 11.5 Å². The van der Waals surface area contributed by atoms with Crippen LogP contribution in [0.15, 0.2) is 121 Å². The van der Waals surface area contributed by atoms with Gasteiger partial charge in [-0.25, -0.2) is 16.8 Å². The van der Waals surface area contributed by atoms with Gasteiger partial charge in [0.2, 0.25) is 0 Å². The third kappa shape index (κ3) is 17.5. The largest absolute Gasteiger partial charge is 0.716 e. The van der Waals surface area contributed by atoms with E-state index >= 15 is 0 Å². The molecule has 0 saturated heterocycles. The smallest absolute Gasteiger partial charge is 0.357 e. The van der Waals surface area contributed by atoms with Gasteiger partial charge in [-0.15, -0.1) is 0 Å². The highest BCUT2D eigenvalue weighted by Crippen LogP contribution is 2.28. The van der Waals surface area contributed by atoms with Gasteiger partial charge in [0.15, 0.2) is 14.3 Å². The first kappa shape index (κ1) is 53.3. The van der Waals surface area contributed by atoms with Crippen LogP contribution in [0.25, 0.3) is 0 Å². The van der Waals surface area contributed by atoms with Gasteiger partial charge in [0.05, 0.1) is 0 Å². The summed E-state index contributed by atoms with van der Waals surface area (Å²) in [5.41, 5.74) is 6.93. The predicted molar refractivity (Wildman–Crippen MR) is 241 cm³/mol. The Hall–Kier alpha value is -3.02. The van der Waals surface area contributed by atoms with Crippen LogP contribution >= 0.6 is 0 Å². The van der Waals surface area contributed by atoms with Crippen molar-refractivity contribution in [3.05, 3.63) is 158 Å². The molecule has 12 heteroatoms. The standard InChI is InChI=1S/2C22H30I.C6H6O8S2/c2*1-7-21(3,4)17-9-13-19(14-10-17)23-20-15-11-18(12-16-20)22(5,6)8-2;7-15(8,9)13-5-1-2-6(4-3-5)14-16(10,11)12/h2*9-16H,7-8H2,1-6H3;1-4H,(H,7,8,9)(H,10,11,12)/q2*+1;/p-2. The van der Waals surface area contributed by atoms with Crippen molar-refractivity contribution in [2.75, 3.05) is 0 Å². The minimum atomic E-state index is -4.90. The molecule has 5 rings (SSSR count). The Morgan fingerprint density at radius 3 is 0.694 bits per heavy atom. The molecule has 0 unspecified atom stereocenters. The maximum absolute atomic E-state index is 10.2. The van der Waals surface area contributed by atoms with Crippen molar-refractivity contribution in [3.63, 3.8) is 0 Å². The molecule has 0 aliphatic carbocycles. The molecule has 0 aliphatic heterocycles. The second-order valence-electron chi connectivity index (χ2n) is 17.6. The molecule has 0 amide bonds. The fourth-order valence-corrected chi connectivity index (χ4v) is 10.7. The molecule has 8 nitrogen and oxygen atoms in total. The molecule has 0 bridgehead atoms. The number of rotatable bonds is 16. The molecule has 0 heterocycles. The zero-order chi connectivity index (χ0) is 46.6. The van der Waals surface area contributed by atoms with E-state index in [1.165, 1.54) is 62.2 Å². The Labute approximate surface area is 394 Å². The number of hydrogen-bond acceptors (Lipinski definition) is 8. The van der Waals surface area contributed by atoms with Gasteiger partial charge in [0.25, 0.3) is 20.8 Å². The van der Waals surface area contributed by atoms with Gasteiger partial charge in [-0.3, -0.25) is 0 Å². The monoisotopic (exact) mass is 1110 g/mol. The fourth-order valence-electron chi connectivity index (χ4n) is 5.71. The molecule has 5 aromatic carbocycles. The Balaban J connectivity index is 0.000000253. The molecular weight excluding hydrogens is 1050 g/mol. The van der Waals surface area contributed by atoms with Crippen LogP contribution in [0.3, 0.4) is 0 Å². The van der Waals surface area contributed by atoms with E-state index in [1.807, 2.05) is 0 Å². The minimum absolute atomic E-state index is 0.0793. The fraction of sp³-hybridized carbons (Fsp3) is 0.400. The topological polar surface area (TPSA) is 133 Å². The lowest BCUT2D eigenvalue weighted by Crippen LogP contribution is -3.61. The number of benzene rings is 5. The summed E-state index contributed by atoms with van der Waals surface area (Å²) in [6, 6.07) is 41.1. The molecule has 338 valence electrons. The van der Waals surface area contributed by atoms with Gasteiger partial charge < -0.3 is 17.5 Å². The van der Waals surface area contributed by atoms with Crippen LogP contribution in [0.4, 0.5) is 0 Å². The van der Waals surface area contributed by atoms with E-state index in [0.717, 1.165) is 24.3 Å². The first-order chi connectivity index (χ1) is 28.7. The highest BCUT2D eigenvalue weighted by atomic mass is 127. The van der Waals surface area contributed by atoms with Gasteiger partial charge in [-0.05, 0) is 142 Å². The zero-order valence-corrected chi connectivity index (χ0v) is 44.2. The van der Waals surface area contributed by atoms with Crippen molar-refractivity contribution in [2.45, 2.75) is 130 Å². The summed E-state index contributed by atoms with van der Waals surface area (Å²) in [6.07, 6.45) is 4.71. The predicted octanol–water partition coefficient (Wildman–Crippen LogP) is 5.75. The normalized spacial score (nSPS) is 12.4. The molecule has 0 atom stereocenters. The second kappa shape index (κ2) is 22.7. The lowest BCUT2D eigenvalue weighted by atomic mass is 9.82. The van der Waals surface area contributed by atoms with Crippen molar-refractivity contribution in [2.24, 2.45) is 0 Å². The molecular formula is C50H64I2O8S2. The lowest BCUT2D eigenvalue weighted by Gasteiger charge is -2.23. The molecule has 0 aromatic heterocycles.